The number of ether oxygens (including phenoxy) is 4. The summed E-state index contributed by atoms with van der Waals surface area (Å²) in [4.78, 5) is 17.5. The van der Waals surface area contributed by atoms with Gasteiger partial charge < -0.3 is 28.8 Å². The zero-order valence-electron chi connectivity index (χ0n) is 24.3. The molecule has 1 aromatic heterocycles. The van der Waals surface area contributed by atoms with Crippen LogP contribution in [0.15, 0.2) is 66.7 Å². The second kappa shape index (κ2) is 14.8. The van der Waals surface area contributed by atoms with Crippen molar-refractivity contribution in [1.29, 1.82) is 0 Å². The highest BCUT2D eigenvalue weighted by Crippen LogP contribution is 2.29. The van der Waals surface area contributed by atoms with Gasteiger partial charge in [0.1, 0.15) is 5.82 Å². The molecule has 8 nitrogen and oxygen atoms in total. The topological polar surface area (TPSA) is 83.8 Å². The standard InChI is InChI=1S/C33H39N3O5/c1-5-10-24-13-16-29(31(21-24)40-4)41-20-9-8-19-36-27-12-7-6-11-26(27)35-32(36)17-18-34-33(37)23-25-14-15-28(38-2)30(22-25)39-3/h5-7,10-16,21-22H,8-9,17-20,23H2,1-4H3,(H,34,37)/b10-5+. The number of amides is 1. The third-order valence-electron chi connectivity index (χ3n) is 6.80. The number of benzene rings is 3. The molecule has 0 unspecified atom stereocenters. The fourth-order valence-electron chi connectivity index (χ4n) is 4.77. The van der Waals surface area contributed by atoms with E-state index in [1.54, 1.807) is 21.3 Å². The lowest BCUT2D eigenvalue weighted by molar-refractivity contribution is -0.120. The summed E-state index contributed by atoms with van der Waals surface area (Å²) >= 11 is 0. The number of allylic oxidation sites excluding steroid dienone is 1. The van der Waals surface area contributed by atoms with E-state index in [4.69, 9.17) is 23.9 Å². The fraction of sp³-hybridized carbons (Fsp3) is 0.333. The molecule has 41 heavy (non-hydrogen) atoms. The Morgan fingerprint density at radius 2 is 1.66 bits per heavy atom. The molecule has 0 radical (unpaired) electrons. The minimum absolute atomic E-state index is 0.0498. The molecular weight excluding hydrogens is 518 g/mol. The number of rotatable bonds is 15. The molecule has 8 heteroatoms. The van der Waals surface area contributed by atoms with Crippen LogP contribution in [0.2, 0.25) is 0 Å². The number of aryl methyl sites for hydroxylation is 1. The number of imidazole rings is 1. The van der Waals surface area contributed by atoms with Crippen LogP contribution in [0.1, 0.15) is 36.7 Å². The van der Waals surface area contributed by atoms with E-state index in [0.717, 1.165) is 58.9 Å². The van der Waals surface area contributed by atoms with Crippen molar-refractivity contribution >= 4 is 23.0 Å². The van der Waals surface area contributed by atoms with E-state index in [0.29, 0.717) is 31.1 Å². The molecule has 0 saturated heterocycles. The molecule has 0 saturated carbocycles. The van der Waals surface area contributed by atoms with Gasteiger partial charge in [0, 0.05) is 19.5 Å². The number of unbranched alkanes of at least 4 members (excludes halogenated alkanes) is 1. The van der Waals surface area contributed by atoms with Gasteiger partial charge in [0.05, 0.1) is 45.4 Å². The van der Waals surface area contributed by atoms with E-state index in [2.05, 4.69) is 16.0 Å². The first kappa shape index (κ1) is 29.5. The number of methoxy groups -OCH3 is 3. The molecule has 3 aromatic carbocycles. The van der Waals surface area contributed by atoms with Crippen LogP contribution >= 0.6 is 0 Å². The summed E-state index contributed by atoms with van der Waals surface area (Å²) in [5.74, 6) is 3.64. The number of hydrogen-bond donors (Lipinski definition) is 1. The molecule has 0 fully saturated rings. The van der Waals surface area contributed by atoms with Crippen LogP contribution in [0, 0.1) is 0 Å². The van der Waals surface area contributed by atoms with E-state index < -0.39 is 0 Å². The second-order valence-corrected chi connectivity index (χ2v) is 9.60. The summed E-state index contributed by atoms with van der Waals surface area (Å²) in [6.45, 7) is 3.90. The van der Waals surface area contributed by atoms with E-state index >= 15 is 0 Å². The zero-order valence-corrected chi connectivity index (χ0v) is 24.3. The Kier molecular flexibility index (Phi) is 10.7. The maximum atomic E-state index is 12.6. The normalized spacial score (nSPS) is 11.1. The van der Waals surface area contributed by atoms with Crippen LogP contribution in [-0.4, -0.2) is 49.9 Å². The van der Waals surface area contributed by atoms with Crippen molar-refractivity contribution in [3.8, 4) is 23.0 Å². The summed E-state index contributed by atoms with van der Waals surface area (Å²) in [5.41, 5.74) is 4.00. The van der Waals surface area contributed by atoms with Gasteiger partial charge in [-0.1, -0.05) is 36.4 Å². The summed E-state index contributed by atoms with van der Waals surface area (Å²) in [7, 11) is 4.84. The number of hydrogen-bond acceptors (Lipinski definition) is 6. The number of nitrogens with zero attached hydrogens (tertiary/aromatic N) is 2. The lowest BCUT2D eigenvalue weighted by Gasteiger charge is -2.13. The van der Waals surface area contributed by atoms with Crippen LogP contribution in [-0.2, 0) is 24.2 Å². The Morgan fingerprint density at radius 3 is 2.44 bits per heavy atom. The van der Waals surface area contributed by atoms with Gasteiger partial charge in [-0.15, -0.1) is 0 Å². The van der Waals surface area contributed by atoms with Gasteiger partial charge in [0.2, 0.25) is 5.91 Å². The van der Waals surface area contributed by atoms with Crippen molar-refractivity contribution in [3.05, 3.63) is 83.7 Å². The summed E-state index contributed by atoms with van der Waals surface area (Å²) in [6.07, 6.45) is 6.74. The van der Waals surface area contributed by atoms with Gasteiger partial charge in [0.15, 0.2) is 23.0 Å². The van der Waals surface area contributed by atoms with Gasteiger partial charge in [-0.3, -0.25) is 4.79 Å². The molecule has 0 bridgehead atoms. The predicted octanol–water partition coefficient (Wildman–Crippen LogP) is 5.86. The molecule has 216 valence electrons. The van der Waals surface area contributed by atoms with E-state index in [1.165, 1.54) is 0 Å². The Morgan fingerprint density at radius 1 is 0.902 bits per heavy atom. The number of nitrogens with one attached hydrogen (secondary N) is 1. The first-order chi connectivity index (χ1) is 20.1. The van der Waals surface area contributed by atoms with Gasteiger partial charge in [-0.2, -0.15) is 0 Å². The van der Waals surface area contributed by atoms with Crippen LogP contribution in [0.4, 0.5) is 0 Å². The number of carbonyl (C=O) groups is 1. The molecule has 0 spiro atoms. The Bertz CT molecular complexity index is 1480. The van der Waals surface area contributed by atoms with E-state index in [1.807, 2.05) is 73.7 Å². The Hall–Kier alpha value is -4.46. The number of para-hydroxylation sites is 2. The quantitative estimate of drug-likeness (QED) is 0.185. The monoisotopic (exact) mass is 557 g/mol. The maximum Gasteiger partial charge on any atom is 0.224 e. The molecule has 1 heterocycles. The van der Waals surface area contributed by atoms with Crippen molar-refractivity contribution < 1.29 is 23.7 Å². The van der Waals surface area contributed by atoms with Crippen LogP contribution in [0.25, 0.3) is 17.1 Å². The lowest BCUT2D eigenvalue weighted by Crippen LogP contribution is -2.28. The van der Waals surface area contributed by atoms with E-state index in [-0.39, 0.29) is 12.3 Å². The third-order valence-corrected chi connectivity index (χ3v) is 6.80. The minimum atomic E-state index is -0.0498. The predicted molar refractivity (Wildman–Crippen MR) is 162 cm³/mol. The van der Waals surface area contributed by atoms with Crippen molar-refractivity contribution in [2.45, 2.75) is 39.2 Å². The largest absolute Gasteiger partial charge is 0.493 e. The number of fused-ring (bicyclic) bond motifs is 1. The molecule has 4 rings (SSSR count). The Labute approximate surface area is 241 Å². The van der Waals surface area contributed by atoms with Gasteiger partial charge in [0.25, 0.3) is 0 Å². The average molecular weight is 558 g/mol. The molecule has 1 amide bonds. The van der Waals surface area contributed by atoms with Crippen molar-refractivity contribution in [1.82, 2.24) is 14.9 Å². The Balaban J connectivity index is 1.30. The van der Waals surface area contributed by atoms with Gasteiger partial charge >= 0.3 is 0 Å². The first-order valence-corrected chi connectivity index (χ1v) is 13.9. The van der Waals surface area contributed by atoms with Crippen molar-refractivity contribution in [3.63, 3.8) is 0 Å². The smallest absolute Gasteiger partial charge is 0.224 e. The molecule has 0 aliphatic carbocycles. The van der Waals surface area contributed by atoms with Gasteiger partial charge in [-0.25, -0.2) is 4.98 Å². The average Bonchev–Trinajstić information content (AvgIpc) is 3.34. The number of carbonyl (C=O) groups excluding carboxylic acids is 1. The molecule has 4 aromatic rings. The van der Waals surface area contributed by atoms with E-state index in [9.17, 15) is 4.79 Å². The highest BCUT2D eigenvalue weighted by Gasteiger charge is 2.12. The molecule has 0 aliphatic heterocycles. The zero-order chi connectivity index (χ0) is 29.0. The third kappa shape index (κ3) is 7.81. The fourth-order valence-corrected chi connectivity index (χ4v) is 4.77. The summed E-state index contributed by atoms with van der Waals surface area (Å²) in [6, 6.07) is 19.6. The summed E-state index contributed by atoms with van der Waals surface area (Å²) in [5, 5.41) is 3.03. The minimum Gasteiger partial charge on any atom is -0.493 e. The van der Waals surface area contributed by atoms with Crippen molar-refractivity contribution in [2.75, 3.05) is 34.5 Å². The second-order valence-electron chi connectivity index (χ2n) is 9.60. The molecular formula is C33H39N3O5. The SMILES string of the molecule is C/C=C/c1ccc(OCCCCn2c(CCNC(=O)Cc3ccc(OC)c(OC)c3)nc3ccccc32)c(OC)c1. The molecule has 0 atom stereocenters. The van der Waals surface area contributed by atoms with Crippen LogP contribution < -0.4 is 24.3 Å². The summed E-state index contributed by atoms with van der Waals surface area (Å²) < 4.78 is 24.4. The highest BCUT2D eigenvalue weighted by atomic mass is 16.5. The maximum absolute atomic E-state index is 12.6. The van der Waals surface area contributed by atoms with Gasteiger partial charge in [-0.05, 0) is 67.3 Å². The van der Waals surface area contributed by atoms with Crippen molar-refractivity contribution in [2.24, 2.45) is 0 Å². The molecule has 0 aliphatic rings. The number of aromatic nitrogens is 2. The lowest BCUT2D eigenvalue weighted by atomic mass is 10.1. The first-order valence-electron chi connectivity index (χ1n) is 13.9. The highest BCUT2D eigenvalue weighted by molar-refractivity contribution is 5.79. The van der Waals surface area contributed by atoms with Crippen LogP contribution in [0.3, 0.4) is 0 Å². The van der Waals surface area contributed by atoms with Crippen LogP contribution in [0.5, 0.6) is 23.0 Å². The molecule has 1 N–H and O–H groups in total.